The Balaban J connectivity index is 1.55. The van der Waals surface area contributed by atoms with Crippen molar-refractivity contribution in [3.63, 3.8) is 0 Å². The van der Waals surface area contributed by atoms with E-state index in [0.717, 1.165) is 6.07 Å². The lowest BCUT2D eigenvalue weighted by Gasteiger charge is -2.09. The fraction of sp³-hybridized carbons (Fsp3) is 0.143. The van der Waals surface area contributed by atoms with E-state index in [1.807, 2.05) is 0 Å². The van der Waals surface area contributed by atoms with Crippen molar-refractivity contribution in [2.45, 2.75) is 18.4 Å². The van der Waals surface area contributed by atoms with Gasteiger partial charge in [-0.15, -0.1) is 0 Å². The van der Waals surface area contributed by atoms with E-state index >= 15 is 0 Å². The molecule has 162 valence electrons. The van der Waals surface area contributed by atoms with Gasteiger partial charge in [-0.3, -0.25) is 4.79 Å². The Morgan fingerprint density at radius 2 is 1.84 bits per heavy atom. The van der Waals surface area contributed by atoms with E-state index < -0.39 is 34.3 Å². The summed E-state index contributed by atoms with van der Waals surface area (Å²) >= 11 is 0. The number of hydrogen-bond acceptors (Lipinski definition) is 6. The van der Waals surface area contributed by atoms with Gasteiger partial charge in [0, 0.05) is 5.69 Å². The fourth-order valence-corrected chi connectivity index (χ4v) is 3.56. The van der Waals surface area contributed by atoms with Crippen LogP contribution in [-0.4, -0.2) is 26.9 Å². The van der Waals surface area contributed by atoms with E-state index in [-0.39, 0.29) is 22.7 Å². The quantitative estimate of drug-likeness (QED) is 0.514. The number of ether oxygens (including phenoxy) is 1. The zero-order chi connectivity index (χ0) is 22.4. The van der Waals surface area contributed by atoms with Gasteiger partial charge in [0.1, 0.15) is 11.6 Å². The van der Waals surface area contributed by atoms with Crippen LogP contribution >= 0.6 is 0 Å². The van der Waals surface area contributed by atoms with Crippen molar-refractivity contribution < 1.29 is 31.6 Å². The number of furan rings is 1. The van der Waals surface area contributed by atoms with Crippen molar-refractivity contribution in [3.8, 4) is 0 Å². The Hall–Kier alpha value is -3.50. The minimum atomic E-state index is -3.80. The second-order valence-corrected chi connectivity index (χ2v) is 8.28. The summed E-state index contributed by atoms with van der Waals surface area (Å²) in [5.41, 5.74) is 0.996. The van der Waals surface area contributed by atoms with Crippen LogP contribution in [0.4, 0.5) is 10.1 Å². The number of anilines is 1. The third-order valence-corrected chi connectivity index (χ3v) is 5.64. The molecule has 0 atom stereocenters. The lowest BCUT2D eigenvalue weighted by atomic mass is 10.2. The summed E-state index contributed by atoms with van der Waals surface area (Å²) in [5.74, 6) is -1.50. The Bertz CT molecular complexity index is 1180. The fourth-order valence-electron chi connectivity index (χ4n) is 2.56. The van der Waals surface area contributed by atoms with Crippen LogP contribution in [0.1, 0.15) is 21.7 Å². The summed E-state index contributed by atoms with van der Waals surface area (Å²) in [4.78, 5) is 24.0. The molecule has 2 N–H and O–H groups in total. The van der Waals surface area contributed by atoms with Crippen LogP contribution < -0.4 is 10.0 Å². The van der Waals surface area contributed by atoms with E-state index in [0.29, 0.717) is 11.3 Å². The number of nitrogens with one attached hydrogen (secondary N) is 2. The number of hydrogen-bond donors (Lipinski definition) is 2. The largest absolute Gasteiger partial charge is 0.468 e. The Labute approximate surface area is 178 Å². The summed E-state index contributed by atoms with van der Waals surface area (Å²) in [6.45, 7) is 1.10. The summed E-state index contributed by atoms with van der Waals surface area (Å²) < 4.78 is 50.3. The molecule has 1 aromatic heterocycles. The minimum absolute atomic E-state index is 0.0149. The van der Waals surface area contributed by atoms with Gasteiger partial charge in [-0.05, 0) is 61.0 Å². The number of halogens is 1. The van der Waals surface area contributed by atoms with Crippen molar-refractivity contribution in [3.05, 3.63) is 83.6 Å². The number of sulfonamides is 1. The molecule has 2 aromatic carbocycles. The van der Waals surface area contributed by atoms with Gasteiger partial charge in [0.25, 0.3) is 5.91 Å². The minimum Gasteiger partial charge on any atom is -0.468 e. The smallest absolute Gasteiger partial charge is 0.338 e. The van der Waals surface area contributed by atoms with Gasteiger partial charge in [-0.25, -0.2) is 22.3 Å². The SMILES string of the molecule is Cc1ccc(F)cc1NC(=O)COC(=O)c1ccc(S(=O)(=O)NCc2ccco2)cc1. The van der Waals surface area contributed by atoms with Gasteiger partial charge in [0.2, 0.25) is 10.0 Å². The molecule has 8 nitrogen and oxygen atoms in total. The zero-order valence-corrected chi connectivity index (χ0v) is 17.2. The van der Waals surface area contributed by atoms with E-state index in [9.17, 15) is 22.4 Å². The lowest BCUT2D eigenvalue weighted by molar-refractivity contribution is -0.119. The van der Waals surface area contributed by atoms with Gasteiger partial charge >= 0.3 is 5.97 Å². The third-order valence-electron chi connectivity index (χ3n) is 4.22. The molecule has 0 saturated carbocycles. The maximum absolute atomic E-state index is 13.3. The predicted octanol–water partition coefficient (Wildman–Crippen LogP) is 3.00. The molecular formula is C21H19FN2O6S. The number of carbonyl (C=O) groups excluding carboxylic acids is 2. The molecule has 3 aromatic rings. The Morgan fingerprint density at radius 1 is 1.10 bits per heavy atom. The number of rotatable bonds is 8. The summed E-state index contributed by atoms with van der Waals surface area (Å²) in [6, 6.07) is 12.3. The van der Waals surface area contributed by atoms with E-state index in [1.165, 1.54) is 42.7 Å². The average molecular weight is 446 g/mol. The highest BCUT2D eigenvalue weighted by molar-refractivity contribution is 7.89. The molecule has 0 spiro atoms. The first kappa shape index (κ1) is 22.2. The van der Waals surface area contributed by atoms with E-state index in [2.05, 4.69) is 10.0 Å². The molecule has 3 rings (SSSR count). The van der Waals surface area contributed by atoms with Crippen LogP contribution in [0.15, 0.2) is 70.2 Å². The normalized spacial score (nSPS) is 11.2. The maximum Gasteiger partial charge on any atom is 0.338 e. The second kappa shape index (κ2) is 9.54. The lowest BCUT2D eigenvalue weighted by Crippen LogP contribution is -2.23. The van der Waals surface area contributed by atoms with Crippen LogP contribution in [0, 0.1) is 12.7 Å². The molecule has 0 fully saturated rings. The first-order valence-electron chi connectivity index (χ1n) is 9.10. The number of benzene rings is 2. The van der Waals surface area contributed by atoms with Crippen molar-refractivity contribution in [2.24, 2.45) is 0 Å². The van der Waals surface area contributed by atoms with Crippen LogP contribution in [0.5, 0.6) is 0 Å². The molecule has 10 heteroatoms. The van der Waals surface area contributed by atoms with Crippen molar-refractivity contribution >= 4 is 27.6 Å². The average Bonchev–Trinajstić information content (AvgIpc) is 3.27. The first-order valence-corrected chi connectivity index (χ1v) is 10.6. The maximum atomic E-state index is 13.3. The highest BCUT2D eigenvalue weighted by Crippen LogP contribution is 2.16. The van der Waals surface area contributed by atoms with Crippen molar-refractivity contribution in [1.82, 2.24) is 4.72 Å². The molecule has 31 heavy (non-hydrogen) atoms. The zero-order valence-electron chi connectivity index (χ0n) is 16.4. The van der Waals surface area contributed by atoms with Crippen LogP contribution in [-0.2, 0) is 26.1 Å². The van der Waals surface area contributed by atoms with E-state index in [4.69, 9.17) is 9.15 Å². The van der Waals surface area contributed by atoms with Gasteiger partial charge < -0.3 is 14.5 Å². The Kier molecular flexibility index (Phi) is 6.83. The number of aryl methyl sites for hydroxylation is 1. The summed E-state index contributed by atoms with van der Waals surface area (Å²) in [6.07, 6.45) is 1.43. The highest BCUT2D eigenvalue weighted by atomic mass is 32.2. The predicted molar refractivity (Wildman–Crippen MR) is 109 cm³/mol. The van der Waals surface area contributed by atoms with Crippen LogP contribution in [0.2, 0.25) is 0 Å². The highest BCUT2D eigenvalue weighted by Gasteiger charge is 2.17. The van der Waals surface area contributed by atoms with Crippen LogP contribution in [0.25, 0.3) is 0 Å². The van der Waals surface area contributed by atoms with Gasteiger partial charge in [-0.2, -0.15) is 0 Å². The molecular weight excluding hydrogens is 427 g/mol. The number of carbonyl (C=O) groups is 2. The molecule has 0 aliphatic carbocycles. The van der Waals surface area contributed by atoms with Crippen molar-refractivity contribution in [1.29, 1.82) is 0 Å². The summed E-state index contributed by atoms with van der Waals surface area (Å²) in [7, 11) is -3.80. The molecule has 0 radical (unpaired) electrons. The molecule has 1 heterocycles. The van der Waals surface area contributed by atoms with Gasteiger partial charge in [0.15, 0.2) is 6.61 Å². The van der Waals surface area contributed by atoms with Crippen molar-refractivity contribution in [2.75, 3.05) is 11.9 Å². The van der Waals surface area contributed by atoms with Gasteiger partial charge in [-0.1, -0.05) is 6.07 Å². The molecule has 0 aliphatic rings. The molecule has 0 aliphatic heterocycles. The number of amides is 1. The molecule has 0 bridgehead atoms. The molecule has 0 saturated heterocycles. The van der Waals surface area contributed by atoms with E-state index in [1.54, 1.807) is 19.1 Å². The number of esters is 1. The monoisotopic (exact) mass is 446 g/mol. The molecule has 0 unspecified atom stereocenters. The van der Waals surface area contributed by atoms with Crippen LogP contribution in [0.3, 0.4) is 0 Å². The second-order valence-electron chi connectivity index (χ2n) is 6.51. The summed E-state index contributed by atoms with van der Waals surface area (Å²) in [5, 5.41) is 2.46. The van der Waals surface area contributed by atoms with Gasteiger partial charge in [0.05, 0.1) is 23.3 Å². The third kappa shape index (κ3) is 6.00. The standard InChI is InChI=1S/C21H19FN2O6S/c1-14-4-7-16(22)11-19(14)24-20(25)13-30-21(26)15-5-8-18(9-6-15)31(27,28)23-12-17-3-2-10-29-17/h2-11,23H,12-13H2,1H3,(H,24,25). The first-order chi connectivity index (χ1) is 14.7. The Morgan fingerprint density at radius 3 is 2.52 bits per heavy atom. The molecule has 1 amide bonds. The topological polar surface area (TPSA) is 115 Å².